The Morgan fingerprint density at radius 3 is 2.05 bits per heavy atom. The fourth-order valence-corrected chi connectivity index (χ4v) is 5.66. The maximum absolute atomic E-state index is 14.0. The van der Waals surface area contributed by atoms with Gasteiger partial charge in [0.15, 0.2) is 11.6 Å². The first-order chi connectivity index (χ1) is 19.6. The number of amides is 1. The molecule has 2 aromatic rings. The summed E-state index contributed by atoms with van der Waals surface area (Å²) in [5, 5.41) is 0. The smallest absolute Gasteiger partial charge is 0.416 e. The third-order valence-corrected chi connectivity index (χ3v) is 7.58. The molecule has 0 bridgehead atoms. The quantitative estimate of drug-likeness (QED) is 0.399. The number of hydrogen-bond acceptors (Lipinski definition) is 5. The van der Waals surface area contributed by atoms with E-state index in [1.165, 1.54) is 30.2 Å². The van der Waals surface area contributed by atoms with Crippen molar-refractivity contribution in [2.45, 2.75) is 50.9 Å². The molecule has 3 atom stereocenters. The molecular weight excluding hydrogens is 571 g/mol. The van der Waals surface area contributed by atoms with Crippen LogP contribution in [0.4, 0.5) is 30.7 Å². The minimum absolute atomic E-state index is 0.00431. The Morgan fingerprint density at radius 1 is 0.881 bits per heavy atom. The van der Waals surface area contributed by atoms with Crippen LogP contribution in [0.1, 0.15) is 40.9 Å². The van der Waals surface area contributed by atoms with E-state index < -0.39 is 46.8 Å². The zero-order valence-corrected chi connectivity index (χ0v) is 23.6. The lowest BCUT2D eigenvalue weighted by molar-refractivity contribution is -0.143. The average molecular weight is 606 g/mol. The molecule has 232 valence electrons. The molecule has 0 saturated carbocycles. The maximum atomic E-state index is 14.0. The molecule has 2 aliphatic heterocycles. The summed E-state index contributed by atoms with van der Waals surface area (Å²) >= 11 is 0. The summed E-state index contributed by atoms with van der Waals surface area (Å²) in [4.78, 5) is 19.3. The highest BCUT2D eigenvalue weighted by atomic mass is 19.4. The van der Waals surface area contributed by atoms with Crippen LogP contribution in [0, 0.1) is 5.82 Å². The van der Waals surface area contributed by atoms with E-state index in [2.05, 4.69) is 9.80 Å². The van der Waals surface area contributed by atoms with Crippen LogP contribution in [0.3, 0.4) is 0 Å². The van der Waals surface area contributed by atoms with Gasteiger partial charge in [0.25, 0.3) is 5.91 Å². The summed E-state index contributed by atoms with van der Waals surface area (Å²) in [5.41, 5.74) is -3.18. The Bertz CT molecular complexity index is 1210. The Labute approximate surface area is 240 Å². The van der Waals surface area contributed by atoms with Gasteiger partial charge in [-0.2, -0.15) is 26.3 Å². The van der Waals surface area contributed by atoms with Gasteiger partial charge < -0.3 is 14.4 Å². The van der Waals surface area contributed by atoms with Crippen LogP contribution in [0.5, 0.6) is 5.75 Å². The largest absolute Gasteiger partial charge is 0.494 e. The zero-order chi connectivity index (χ0) is 30.8. The summed E-state index contributed by atoms with van der Waals surface area (Å²) in [7, 11) is 1.31. The summed E-state index contributed by atoms with van der Waals surface area (Å²) in [5.74, 6) is -1.53. The first kappa shape index (κ1) is 32.0. The molecule has 0 spiro atoms. The number of carbonyl (C=O) groups is 1. The standard InChI is InChI=1S/C29H34F7N3O3/c1-18-15-38(16-19(2)42-18)7-6-37-8-9-39(24(17-37)10-20-4-5-25(30)26(11-20)41-3)27(40)21-12-22(28(31,32)33)14-23(13-21)29(34,35)36/h4-5,11-14,18-19,24H,6-10,15-17H2,1-3H3/t18?,19?,24-/m1/s1. The molecule has 2 heterocycles. The monoisotopic (exact) mass is 605 g/mol. The van der Waals surface area contributed by atoms with Crippen molar-refractivity contribution in [1.29, 1.82) is 0 Å². The number of halogens is 7. The van der Waals surface area contributed by atoms with Gasteiger partial charge in [0.1, 0.15) is 0 Å². The van der Waals surface area contributed by atoms with Crippen LogP contribution in [0.2, 0.25) is 0 Å². The molecule has 0 aliphatic carbocycles. The van der Waals surface area contributed by atoms with E-state index in [-0.39, 0.29) is 37.0 Å². The van der Waals surface area contributed by atoms with Crippen LogP contribution in [-0.2, 0) is 23.5 Å². The summed E-state index contributed by atoms with van der Waals surface area (Å²) in [6, 6.07) is 4.52. The molecule has 1 amide bonds. The topological polar surface area (TPSA) is 45.2 Å². The number of ether oxygens (including phenoxy) is 2. The second-order valence-corrected chi connectivity index (χ2v) is 10.9. The van der Waals surface area contributed by atoms with Crippen molar-refractivity contribution in [2.75, 3.05) is 52.9 Å². The van der Waals surface area contributed by atoms with E-state index >= 15 is 0 Å². The summed E-state index contributed by atoms with van der Waals surface area (Å²) in [6.45, 7) is 7.70. The first-order valence-electron chi connectivity index (χ1n) is 13.7. The Kier molecular flexibility index (Phi) is 9.73. The number of hydrogen-bond donors (Lipinski definition) is 0. The normalized spacial score (nSPS) is 22.8. The molecule has 2 aliphatic rings. The molecule has 2 fully saturated rings. The fourth-order valence-electron chi connectivity index (χ4n) is 5.66. The molecule has 13 heteroatoms. The number of benzene rings is 2. The zero-order valence-electron chi connectivity index (χ0n) is 23.6. The van der Waals surface area contributed by atoms with Crippen LogP contribution in [0.25, 0.3) is 0 Å². The second kappa shape index (κ2) is 12.8. The highest BCUT2D eigenvalue weighted by Gasteiger charge is 2.39. The number of alkyl halides is 6. The third-order valence-electron chi connectivity index (χ3n) is 7.58. The summed E-state index contributed by atoms with van der Waals surface area (Å²) in [6.07, 6.45) is -9.80. The fraction of sp³-hybridized carbons (Fsp3) is 0.552. The Balaban J connectivity index is 1.60. The number of nitrogens with zero attached hydrogens (tertiary/aromatic N) is 3. The molecule has 2 saturated heterocycles. The molecule has 4 rings (SSSR count). The van der Waals surface area contributed by atoms with Gasteiger partial charge in [-0.25, -0.2) is 4.39 Å². The molecule has 2 aromatic carbocycles. The van der Waals surface area contributed by atoms with Crippen LogP contribution < -0.4 is 4.74 Å². The molecular formula is C29H34F7N3O3. The van der Waals surface area contributed by atoms with Crippen molar-refractivity contribution in [2.24, 2.45) is 0 Å². The lowest BCUT2D eigenvalue weighted by atomic mass is 9.98. The Hall–Kier alpha value is -2.90. The predicted octanol–water partition coefficient (Wildman–Crippen LogP) is 5.35. The van der Waals surface area contributed by atoms with E-state index in [0.29, 0.717) is 37.3 Å². The van der Waals surface area contributed by atoms with Gasteiger partial charge >= 0.3 is 12.4 Å². The SMILES string of the molecule is COc1cc(C[C@@H]2CN(CCN3CC(C)OC(C)C3)CCN2C(=O)c2cc(C(F)(F)F)cc(C(F)(F)F)c2)ccc1F. The number of morpholine rings is 1. The van der Waals surface area contributed by atoms with Crippen molar-refractivity contribution >= 4 is 5.91 Å². The minimum Gasteiger partial charge on any atom is -0.494 e. The lowest BCUT2D eigenvalue weighted by Crippen LogP contribution is -2.57. The van der Waals surface area contributed by atoms with Crippen molar-refractivity contribution in [3.8, 4) is 5.75 Å². The molecule has 42 heavy (non-hydrogen) atoms. The van der Waals surface area contributed by atoms with Crippen LogP contribution in [0.15, 0.2) is 36.4 Å². The van der Waals surface area contributed by atoms with E-state index in [9.17, 15) is 35.5 Å². The van der Waals surface area contributed by atoms with Gasteiger partial charge in [-0.15, -0.1) is 0 Å². The van der Waals surface area contributed by atoms with Crippen LogP contribution in [-0.4, -0.2) is 91.8 Å². The van der Waals surface area contributed by atoms with Gasteiger partial charge in [-0.3, -0.25) is 14.6 Å². The van der Waals surface area contributed by atoms with Gasteiger partial charge in [0.05, 0.1) is 30.4 Å². The second-order valence-electron chi connectivity index (χ2n) is 10.9. The first-order valence-corrected chi connectivity index (χ1v) is 13.7. The average Bonchev–Trinajstić information content (AvgIpc) is 2.91. The molecule has 2 unspecified atom stereocenters. The van der Waals surface area contributed by atoms with Crippen molar-refractivity contribution < 1.29 is 45.0 Å². The van der Waals surface area contributed by atoms with Gasteiger partial charge in [0.2, 0.25) is 0 Å². The van der Waals surface area contributed by atoms with Gasteiger partial charge in [-0.05, 0) is 56.2 Å². The molecule has 0 aromatic heterocycles. The van der Waals surface area contributed by atoms with Crippen molar-refractivity contribution in [1.82, 2.24) is 14.7 Å². The van der Waals surface area contributed by atoms with E-state index in [1.807, 2.05) is 13.8 Å². The number of rotatable bonds is 7. The highest BCUT2D eigenvalue weighted by Crippen LogP contribution is 2.37. The van der Waals surface area contributed by atoms with E-state index in [1.54, 1.807) is 0 Å². The molecule has 0 N–H and O–H groups in total. The van der Waals surface area contributed by atoms with E-state index in [0.717, 1.165) is 19.6 Å². The number of methoxy groups -OCH3 is 1. The lowest BCUT2D eigenvalue weighted by Gasteiger charge is -2.43. The predicted molar refractivity (Wildman–Crippen MR) is 141 cm³/mol. The molecule has 0 radical (unpaired) electrons. The van der Waals surface area contributed by atoms with Gasteiger partial charge in [-0.1, -0.05) is 6.07 Å². The van der Waals surface area contributed by atoms with Crippen LogP contribution >= 0.6 is 0 Å². The maximum Gasteiger partial charge on any atom is 0.416 e. The highest BCUT2D eigenvalue weighted by molar-refractivity contribution is 5.95. The summed E-state index contributed by atoms with van der Waals surface area (Å²) < 4.78 is 106. The third kappa shape index (κ3) is 7.93. The number of piperazine rings is 1. The minimum atomic E-state index is -5.08. The van der Waals surface area contributed by atoms with Crippen molar-refractivity contribution in [3.05, 3.63) is 64.5 Å². The van der Waals surface area contributed by atoms with Gasteiger partial charge in [0, 0.05) is 57.4 Å². The van der Waals surface area contributed by atoms with E-state index in [4.69, 9.17) is 9.47 Å². The number of carbonyl (C=O) groups excluding carboxylic acids is 1. The Morgan fingerprint density at radius 2 is 1.48 bits per heavy atom. The van der Waals surface area contributed by atoms with Crippen molar-refractivity contribution in [3.63, 3.8) is 0 Å². The molecule has 6 nitrogen and oxygen atoms in total.